The zero-order valence-electron chi connectivity index (χ0n) is 26.0. The van der Waals surface area contributed by atoms with E-state index in [0.717, 1.165) is 37.9 Å². The first-order chi connectivity index (χ1) is 19.1. The molecular formula is C35H53NO3Si. The Balaban J connectivity index is 1.70. The van der Waals surface area contributed by atoms with E-state index < -0.39 is 8.32 Å². The van der Waals surface area contributed by atoms with Gasteiger partial charge in [0.1, 0.15) is 5.75 Å². The fourth-order valence-electron chi connectivity index (χ4n) is 8.08. The number of hydrogen-bond acceptors (Lipinski definition) is 4. The summed E-state index contributed by atoms with van der Waals surface area (Å²) in [5.74, 6) is 1.23. The van der Waals surface area contributed by atoms with Crippen molar-refractivity contribution in [2.75, 3.05) is 7.11 Å². The van der Waals surface area contributed by atoms with E-state index in [0.29, 0.717) is 29.1 Å². The SMILES string of the molecule is C=CC[C@]12CC[C@@H](O[Si](C(C)C)(C(C)C)C(C)C)[C@H](C1)[C@H](OCc1ccccc1)[C@H](Cc1ccc(OC)cc1)N2. The van der Waals surface area contributed by atoms with E-state index in [-0.39, 0.29) is 23.8 Å². The first-order valence-corrected chi connectivity index (χ1v) is 17.6. The molecule has 5 heteroatoms. The number of fused-ring (bicyclic) bond motifs is 2. The molecule has 4 nitrogen and oxygen atoms in total. The summed E-state index contributed by atoms with van der Waals surface area (Å²) in [5.41, 5.74) is 4.26. The molecule has 1 N–H and O–H groups in total. The summed E-state index contributed by atoms with van der Waals surface area (Å²) in [6.45, 7) is 19.2. The minimum Gasteiger partial charge on any atom is -0.497 e. The van der Waals surface area contributed by atoms with Crippen molar-refractivity contribution in [2.24, 2.45) is 5.92 Å². The Hall–Kier alpha value is -1.92. The van der Waals surface area contributed by atoms with Crippen LogP contribution in [0.2, 0.25) is 16.6 Å². The van der Waals surface area contributed by atoms with Crippen molar-refractivity contribution in [1.82, 2.24) is 5.32 Å². The zero-order chi connectivity index (χ0) is 28.9. The lowest BCUT2D eigenvalue weighted by Crippen LogP contribution is -2.68. The summed E-state index contributed by atoms with van der Waals surface area (Å²) < 4.78 is 20.0. The molecule has 220 valence electrons. The van der Waals surface area contributed by atoms with Gasteiger partial charge in [0.05, 0.1) is 25.9 Å². The smallest absolute Gasteiger partial charge is 0.200 e. The molecule has 5 atom stereocenters. The molecule has 1 heterocycles. The Morgan fingerprint density at radius 2 is 1.60 bits per heavy atom. The Kier molecular flexibility index (Phi) is 10.4. The lowest BCUT2D eigenvalue weighted by Gasteiger charge is -2.57. The van der Waals surface area contributed by atoms with Gasteiger partial charge >= 0.3 is 0 Å². The second kappa shape index (κ2) is 13.4. The first kappa shape index (κ1) is 31.0. The second-order valence-corrected chi connectivity index (χ2v) is 18.6. The largest absolute Gasteiger partial charge is 0.497 e. The van der Waals surface area contributed by atoms with Crippen LogP contribution in [-0.4, -0.2) is 39.2 Å². The second-order valence-electron chi connectivity index (χ2n) is 13.2. The molecular weight excluding hydrogens is 510 g/mol. The molecule has 1 saturated heterocycles. The minimum absolute atomic E-state index is 0.0493. The summed E-state index contributed by atoms with van der Waals surface area (Å²) in [6, 6.07) is 19.3. The van der Waals surface area contributed by atoms with Gasteiger partial charge in [-0.1, -0.05) is 90.1 Å². The predicted octanol–water partition coefficient (Wildman–Crippen LogP) is 8.47. The van der Waals surface area contributed by atoms with E-state index >= 15 is 0 Å². The number of benzene rings is 2. The van der Waals surface area contributed by atoms with Gasteiger partial charge in [0, 0.05) is 17.5 Å². The molecule has 2 fully saturated rings. The molecule has 1 aliphatic heterocycles. The molecule has 0 aromatic heterocycles. The molecule has 0 unspecified atom stereocenters. The van der Waals surface area contributed by atoms with Crippen LogP contribution < -0.4 is 10.1 Å². The van der Waals surface area contributed by atoms with Gasteiger partial charge in [0.25, 0.3) is 0 Å². The van der Waals surface area contributed by atoms with E-state index in [2.05, 4.69) is 114 Å². The van der Waals surface area contributed by atoms with Gasteiger partial charge in [-0.25, -0.2) is 0 Å². The fraction of sp³-hybridized carbons (Fsp3) is 0.600. The van der Waals surface area contributed by atoms with Crippen molar-refractivity contribution >= 4 is 8.32 Å². The lowest BCUT2D eigenvalue weighted by molar-refractivity contribution is -0.121. The summed E-state index contributed by atoms with van der Waals surface area (Å²) in [5, 5.41) is 4.14. The summed E-state index contributed by atoms with van der Waals surface area (Å²) in [7, 11) is -0.324. The molecule has 2 bridgehead atoms. The van der Waals surface area contributed by atoms with Crippen LogP contribution in [0, 0.1) is 5.92 Å². The van der Waals surface area contributed by atoms with E-state index in [4.69, 9.17) is 13.9 Å². The van der Waals surface area contributed by atoms with Gasteiger partial charge in [0.15, 0.2) is 0 Å². The molecule has 40 heavy (non-hydrogen) atoms. The predicted molar refractivity (Wildman–Crippen MR) is 169 cm³/mol. The number of piperidine rings is 1. The maximum Gasteiger partial charge on any atom is 0.200 e. The Morgan fingerprint density at radius 3 is 2.17 bits per heavy atom. The van der Waals surface area contributed by atoms with Crippen LogP contribution in [0.3, 0.4) is 0 Å². The average molecular weight is 564 g/mol. The maximum absolute atomic E-state index is 7.57. The van der Waals surface area contributed by atoms with E-state index in [1.807, 2.05) is 0 Å². The van der Waals surface area contributed by atoms with Crippen molar-refractivity contribution in [2.45, 2.75) is 121 Å². The maximum atomic E-state index is 7.57. The number of methoxy groups -OCH3 is 1. The van der Waals surface area contributed by atoms with Gasteiger partial charge in [0.2, 0.25) is 8.32 Å². The molecule has 0 amide bonds. The van der Waals surface area contributed by atoms with E-state index in [1.54, 1.807) is 7.11 Å². The Labute approximate surface area is 245 Å². The van der Waals surface area contributed by atoms with Crippen LogP contribution in [0.15, 0.2) is 67.3 Å². The standard InChI is InChI=1S/C35H53NO3Si/c1-9-20-35-21-19-33(39-40(25(2)3,26(4)5)27(6)7)31(23-35)34(38-24-29-13-11-10-12-14-29)32(36-35)22-28-15-17-30(37-8)18-16-28/h9-18,25-27,31-34,36H,1,19-24H2,2-8H3/t31-,32-,33+,34-,35-/m0/s1. The third kappa shape index (κ3) is 6.59. The third-order valence-corrected chi connectivity index (χ3v) is 15.9. The van der Waals surface area contributed by atoms with Gasteiger partial charge < -0.3 is 19.2 Å². The Bertz CT molecular complexity index is 1050. The third-order valence-electron chi connectivity index (χ3n) is 9.82. The number of rotatable bonds is 13. The van der Waals surface area contributed by atoms with Crippen molar-refractivity contribution in [1.29, 1.82) is 0 Å². The highest BCUT2D eigenvalue weighted by molar-refractivity contribution is 6.77. The van der Waals surface area contributed by atoms with Gasteiger partial charge in [-0.05, 0) is 72.0 Å². The topological polar surface area (TPSA) is 39.7 Å². The highest BCUT2D eigenvalue weighted by atomic mass is 28.4. The van der Waals surface area contributed by atoms with Crippen LogP contribution in [0.1, 0.15) is 78.4 Å². The average Bonchev–Trinajstić information content (AvgIpc) is 2.93. The van der Waals surface area contributed by atoms with Gasteiger partial charge in [-0.15, -0.1) is 6.58 Å². The van der Waals surface area contributed by atoms with Crippen molar-refractivity contribution in [3.8, 4) is 5.75 Å². The molecule has 0 radical (unpaired) electrons. The highest BCUT2D eigenvalue weighted by Crippen LogP contribution is 2.50. The summed E-state index contributed by atoms with van der Waals surface area (Å²) in [4.78, 5) is 0. The monoisotopic (exact) mass is 563 g/mol. The molecule has 1 aliphatic carbocycles. The van der Waals surface area contributed by atoms with Crippen LogP contribution >= 0.6 is 0 Å². The first-order valence-electron chi connectivity index (χ1n) is 15.5. The molecule has 0 spiro atoms. The normalized spacial score (nSPS) is 26.9. The fourth-order valence-corrected chi connectivity index (χ4v) is 13.7. The van der Waals surface area contributed by atoms with Crippen LogP contribution in [-0.2, 0) is 22.2 Å². The molecule has 2 aromatic rings. The lowest BCUT2D eigenvalue weighted by atomic mass is 9.65. The van der Waals surface area contributed by atoms with Crippen LogP contribution in [0.4, 0.5) is 0 Å². The van der Waals surface area contributed by atoms with Crippen LogP contribution in [0.5, 0.6) is 5.75 Å². The summed E-state index contributed by atoms with van der Waals surface area (Å²) >= 11 is 0. The number of ether oxygens (including phenoxy) is 2. The highest BCUT2D eigenvalue weighted by Gasteiger charge is 2.55. The van der Waals surface area contributed by atoms with Crippen molar-refractivity contribution in [3.05, 3.63) is 78.4 Å². The van der Waals surface area contributed by atoms with Crippen molar-refractivity contribution < 1.29 is 13.9 Å². The molecule has 2 aromatic carbocycles. The minimum atomic E-state index is -2.05. The number of hydrogen-bond donors (Lipinski definition) is 1. The van der Waals surface area contributed by atoms with Gasteiger partial charge in [-0.2, -0.15) is 0 Å². The molecule has 1 saturated carbocycles. The Morgan fingerprint density at radius 1 is 0.950 bits per heavy atom. The quantitative estimate of drug-likeness (QED) is 0.196. The zero-order valence-corrected chi connectivity index (χ0v) is 27.0. The molecule has 4 rings (SSSR count). The van der Waals surface area contributed by atoms with Crippen molar-refractivity contribution in [3.63, 3.8) is 0 Å². The summed E-state index contributed by atoms with van der Waals surface area (Å²) in [6.07, 6.45) is 7.53. The number of nitrogens with one attached hydrogen (secondary N) is 1. The van der Waals surface area contributed by atoms with Gasteiger partial charge in [-0.3, -0.25) is 0 Å². The van der Waals surface area contributed by atoms with E-state index in [1.165, 1.54) is 11.1 Å². The molecule has 2 aliphatic rings. The van der Waals surface area contributed by atoms with Crippen LogP contribution in [0.25, 0.3) is 0 Å². The van der Waals surface area contributed by atoms with E-state index in [9.17, 15) is 0 Å².